The number of methoxy groups -OCH3 is 4. The van der Waals surface area contributed by atoms with Crippen molar-refractivity contribution >= 4 is 11.9 Å². The van der Waals surface area contributed by atoms with Crippen LogP contribution in [0.1, 0.15) is 34.6 Å². The molecule has 0 aliphatic heterocycles. The molecule has 3 aromatic carbocycles. The van der Waals surface area contributed by atoms with E-state index in [0.717, 1.165) is 22.3 Å². The molecule has 8 heteroatoms. The summed E-state index contributed by atoms with van der Waals surface area (Å²) in [5, 5.41) is 0. The highest BCUT2D eigenvalue weighted by atomic mass is 16.5. The minimum atomic E-state index is -0.457. The van der Waals surface area contributed by atoms with Crippen molar-refractivity contribution < 1.29 is 38.0 Å². The molecule has 0 N–H and O–H groups in total. The summed E-state index contributed by atoms with van der Waals surface area (Å²) in [6.07, 6.45) is 0. The van der Waals surface area contributed by atoms with E-state index in [-0.39, 0.29) is 13.2 Å². The average molecular weight is 495 g/mol. The molecule has 3 rings (SSSR count). The first kappa shape index (κ1) is 26.4. The summed E-state index contributed by atoms with van der Waals surface area (Å²) in [6.45, 7) is 4.03. The Labute approximate surface area is 210 Å². The van der Waals surface area contributed by atoms with Gasteiger partial charge in [0.15, 0.2) is 0 Å². The van der Waals surface area contributed by atoms with Crippen LogP contribution in [0.4, 0.5) is 0 Å². The number of ether oxygens (including phenoxy) is 6. The van der Waals surface area contributed by atoms with Crippen molar-refractivity contribution in [1.82, 2.24) is 0 Å². The largest absolute Gasteiger partial charge is 0.496 e. The van der Waals surface area contributed by atoms with Crippen molar-refractivity contribution in [3.63, 3.8) is 0 Å². The van der Waals surface area contributed by atoms with E-state index in [1.807, 2.05) is 12.1 Å². The maximum Gasteiger partial charge on any atom is 0.341 e. The third-order valence-electron chi connectivity index (χ3n) is 5.54. The predicted octanol–water partition coefficient (Wildman–Crippen LogP) is 5.41. The third-order valence-corrected chi connectivity index (χ3v) is 5.54. The second kappa shape index (κ2) is 12.0. The lowest BCUT2D eigenvalue weighted by molar-refractivity contribution is 0.0513. The van der Waals surface area contributed by atoms with Gasteiger partial charge >= 0.3 is 11.9 Å². The van der Waals surface area contributed by atoms with Gasteiger partial charge in [0.2, 0.25) is 0 Å². The number of benzene rings is 3. The maximum absolute atomic E-state index is 12.3. The molecular formula is C28H30O8. The first-order valence-corrected chi connectivity index (χ1v) is 11.4. The minimum Gasteiger partial charge on any atom is -0.496 e. The molecule has 0 unspecified atom stereocenters. The monoisotopic (exact) mass is 494 g/mol. The van der Waals surface area contributed by atoms with Gasteiger partial charge in [0.25, 0.3) is 0 Å². The van der Waals surface area contributed by atoms with Gasteiger partial charge in [-0.3, -0.25) is 0 Å². The van der Waals surface area contributed by atoms with Crippen LogP contribution in [0.3, 0.4) is 0 Å². The highest BCUT2D eigenvalue weighted by Crippen LogP contribution is 2.43. The first-order chi connectivity index (χ1) is 17.4. The van der Waals surface area contributed by atoms with Crippen LogP contribution in [-0.2, 0) is 9.47 Å². The van der Waals surface area contributed by atoms with Crippen LogP contribution in [0.15, 0.2) is 48.5 Å². The summed E-state index contributed by atoms with van der Waals surface area (Å²) in [5.41, 5.74) is 3.66. The van der Waals surface area contributed by atoms with Gasteiger partial charge in [-0.15, -0.1) is 0 Å². The molecule has 0 aromatic heterocycles. The highest BCUT2D eigenvalue weighted by Gasteiger charge is 2.20. The summed E-state index contributed by atoms with van der Waals surface area (Å²) in [5.74, 6) is 1.00. The SMILES string of the molecule is CCOC(=O)c1ccc(-c2cc(OC)c(-c3ccc(C(=O)OCC)c(OC)c3)cc2OC)cc1OC. The van der Waals surface area contributed by atoms with E-state index in [0.29, 0.717) is 34.1 Å². The Morgan fingerprint density at radius 2 is 0.917 bits per heavy atom. The molecule has 0 aliphatic carbocycles. The molecule has 0 atom stereocenters. The molecule has 36 heavy (non-hydrogen) atoms. The van der Waals surface area contributed by atoms with Gasteiger partial charge in [0.05, 0.1) is 41.7 Å². The molecule has 190 valence electrons. The topological polar surface area (TPSA) is 89.5 Å². The van der Waals surface area contributed by atoms with Crippen LogP contribution < -0.4 is 18.9 Å². The molecule has 0 spiro atoms. The van der Waals surface area contributed by atoms with Crippen LogP contribution in [-0.4, -0.2) is 53.6 Å². The second-order valence-electron chi connectivity index (χ2n) is 7.52. The van der Waals surface area contributed by atoms with Gasteiger partial charge in [-0.05, 0) is 61.4 Å². The zero-order chi connectivity index (χ0) is 26.2. The smallest absolute Gasteiger partial charge is 0.341 e. The van der Waals surface area contributed by atoms with Gasteiger partial charge in [-0.1, -0.05) is 12.1 Å². The fraction of sp³-hybridized carbons (Fsp3) is 0.286. The minimum absolute atomic E-state index is 0.266. The van der Waals surface area contributed by atoms with Gasteiger partial charge in [0.1, 0.15) is 34.1 Å². The Morgan fingerprint density at radius 1 is 0.556 bits per heavy atom. The molecule has 0 heterocycles. The zero-order valence-corrected chi connectivity index (χ0v) is 21.3. The van der Waals surface area contributed by atoms with E-state index in [4.69, 9.17) is 28.4 Å². The van der Waals surface area contributed by atoms with Gasteiger partial charge < -0.3 is 28.4 Å². The Bertz CT molecular complexity index is 1150. The molecule has 3 aromatic rings. The van der Waals surface area contributed by atoms with Crippen LogP contribution >= 0.6 is 0 Å². The van der Waals surface area contributed by atoms with Gasteiger partial charge in [0, 0.05) is 11.1 Å². The lowest BCUT2D eigenvalue weighted by atomic mass is 9.96. The fourth-order valence-electron chi connectivity index (χ4n) is 3.82. The van der Waals surface area contributed by atoms with Crippen molar-refractivity contribution in [3.05, 3.63) is 59.7 Å². The summed E-state index contributed by atoms with van der Waals surface area (Å²) < 4.78 is 32.5. The van der Waals surface area contributed by atoms with E-state index in [1.165, 1.54) is 14.2 Å². The Balaban J connectivity index is 2.11. The quantitative estimate of drug-likeness (QED) is 0.346. The normalized spacial score (nSPS) is 10.4. The maximum atomic E-state index is 12.3. The first-order valence-electron chi connectivity index (χ1n) is 11.4. The summed E-state index contributed by atoms with van der Waals surface area (Å²) in [4.78, 5) is 24.5. The van der Waals surface area contributed by atoms with Crippen molar-refractivity contribution in [2.24, 2.45) is 0 Å². The molecule has 0 fully saturated rings. The molecule has 0 saturated heterocycles. The highest BCUT2D eigenvalue weighted by molar-refractivity contribution is 5.95. The van der Waals surface area contributed by atoms with Crippen LogP contribution in [0.25, 0.3) is 22.3 Å². The number of esters is 2. The predicted molar refractivity (Wildman–Crippen MR) is 135 cm³/mol. The summed E-state index contributed by atoms with van der Waals surface area (Å²) >= 11 is 0. The number of rotatable bonds is 10. The van der Waals surface area contributed by atoms with E-state index in [2.05, 4.69) is 0 Å². The molecule has 0 aliphatic rings. The van der Waals surface area contributed by atoms with Crippen LogP contribution in [0.2, 0.25) is 0 Å². The average Bonchev–Trinajstić information content (AvgIpc) is 2.91. The number of carbonyl (C=O) groups excluding carboxylic acids is 2. The van der Waals surface area contributed by atoms with Crippen LogP contribution in [0.5, 0.6) is 23.0 Å². The van der Waals surface area contributed by atoms with Crippen molar-refractivity contribution in [2.75, 3.05) is 41.7 Å². The number of carbonyl (C=O) groups is 2. The Hall–Kier alpha value is -4.20. The van der Waals surface area contributed by atoms with E-state index >= 15 is 0 Å². The molecular weight excluding hydrogens is 464 g/mol. The van der Waals surface area contributed by atoms with E-state index in [9.17, 15) is 9.59 Å². The van der Waals surface area contributed by atoms with Crippen molar-refractivity contribution in [1.29, 1.82) is 0 Å². The Kier molecular flexibility index (Phi) is 8.78. The summed E-state index contributed by atoms with van der Waals surface area (Å²) in [7, 11) is 6.14. The number of hydrogen-bond donors (Lipinski definition) is 0. The van der Waals surface area contributed by atoms with Gasteiger partial charge in [-0.2, -0.15) is 0 Å². The van der Waals surface area contributed by atoms with E-state index < -0.39 is 11.9 Å². The third kappa shape index (κ3) is 5.38. The van der Waals surface area contributed by atoms with Crippen molar-refractivity contribution in [3.8, 4) is 45.3 Å². The molecule has 0 bridgehead atoms. The number of hydrogen-bond acceptors (Lipinski definition) is 8. The Morgan fingerprint density at radius 3 is 1.22 bits per heavy atom. The van der Waals surface area contributed by atoms with Crippen molar-refractivity contribution in [2.45, 2.75) is 13.8 Å². The lowest BCUT2D eigenvalue weighted by Gasteiger charge is -2.17. The zero-order valence-electron chi connectivity index (χ0n) is 21.3. The molecule has 8 nitrogen and oxygen atoms in total. The molecule has 0 amide bonds. The van der Waals surface area contributed by atoms with Gasteiger partial charge in [-0.25, -0.2) is 9.59 Å². The second-order valence-corrected chi connectivity index (χ2v) is 7.52. The standard InChI is InChI=1S/C28H30O8/c1-7-35-27(29)19-11-9-17(13-23(19)31-3)21-15-26(34-6)22(16-25(21)33-5)18-10-12-20(24(14-18)32-4)28(30)36-8-2/h9-16H,7-8H2,1-6H3. The lowest BCUT2D eigenvalue weighted by Crippen LogP contribution is -2.07. The molecule has 0 saturated carbocycles. The summed E-state index contributed by atoms with van der Waals surface area (Å²) in [6, 6.07) is 14.1. The van der Waals surface area contributed by atoms with Crippen LogP contribution in [0, 0.1) is 0 Å². The fourth-order valence-corrected chi connectivity index (χ4v) is 3.82. The molecule has 0 radical (unpaired) electrons. The van der Waals surface area contributed by atoms with E-state index in [1.54, 1.807) is 64.5 Å².